The number of aromatic nitrogens is 1. The summed E-state index contributed by atoms with van der Waals surface area (Å²) >= 11 is 0.774. The lowest BCUT2D eigenvalue weighted by Crippen LogP contribution is -2.32. The van der Waals surface area contributed by atoms with E-state index in [0.717, 1.165) is 41.5 Å². The first kappa shape index (κ1) is 14.8. The van der Waals surface area contributed by atoms with Gasteiger partial charge >= 0.3 is 6.18 Å². The Kier molecular flexibility index (Phi) is 4.84. The fourth-order valence-electron chi connectivity index (χ4n) is 2.18. The number of hydrogen-bond donors (Lipinski definition) is 1. The van der Waals surface area contributed by atoms with Crippen molar-refractivity contribution in [1.82, 2.24) is 10.3 Å². The van der Waals surface area contributed by atoms with Gasteiger partial charge in [0, 0.05) is 17.1 Å². The summed E-state index contributed by atoms with van der Waals surface area (Å²) < 4.78 is 37.3. The highest BCUT2D eigenvalue weighted by atomic mass is 32.1. The minimum atomic E-state index is -4.31. The number of halogens is 3. The maximum Gasteiger partial charge on any atom is 0.443 e. The standard InChI is InChI=1S/C13H19F3N2S/c1-2-7-17-11(9-3-4-9)6-5-10-8-18-12(19-10)13(14,15)16/h8-9,11,17H,2-7H2,1H3. The summed E-state index contributed by atoms with van der Waals surface area (Å²) in [5.74, 6) is 0.724. The van der Waals surface area contributed by atoms with Gasteiger partial charge in [-0.3, -0.25) is 0 Å². The van der Waals surface area contributed by atoms with Gasteiger partial charge in [0.05, 0.1) is 0 Å². The third-order valence-corrected chi connectivity index (χ3v) is 4.45. The van der Waals surface area contributed by atoms with Crippen LogP contribution < -0.4 is 5.32 Å². The van der Waals surface area contributed by atoms with E-state index in [9.17, 15) is 13.2 Å². The van der Waals surface area contributed by atoms with Crippen molar-refractivity contribution in [2.75, 3.05) is 6.54 Å². The fourth-order valence-corrected chi connectivity index (χ4v) is 2.98. The van der Waals surface area contributed by atoms with Gasteiger partial charge in [0.25, 0.3) is 0 Å². The van der Waals surface area contributed by atoms with Gasteiger partial charge in [-0.05, 0) is 44.6 Å². The summed E-state index contributed by atoms with van der Waals surface area (Å²) in [6.07, 6.45) is 2.24. The summed E-state index contributed by atoms with van der Waals surface area (Å²) in [6, 6.07) is 0.455. The van der Waals surface area contributed by atoms with E-state index in [2.05, 4.69) is 17.2 Å². The molecule has 6 heteroatoms. The molecule has 1 aromatic heterocycles. The molecule has 2 rings (SSSR count). The first-order chi connectivity index (χ1) is 9.00. The molecule has 108 valence electrons. The molecule has 0 amide bonds. The van der Waals surface area contributed by atoms with E-state index in [-0.39, 0.29) is 0 Å². The highest BCUT2D eigenvalue weighted by Crippen LogP contribution is 2.36. The Labute approximate surface area is 115 Å². The lowest BCUT2D eigenvalue weighted by Gasteiger charge is -2.17. The van der Waals surface area contributed by atoms with Gasteiger partial charge in [-0.2, -0.15) is 13.2 Å². The van der Waals surface area contributed by atoms with Crippen LogP contribution in [0.25, 0.3) is 0 Å². The number of aryl methyl sites for hydroxylation is 1. The van der Waals surface area contributed by atoms with Crippen molar-refractivity contribution in [3.05, 3.63) is 16.1 Å². The van der Waals surface area contributed by atoms with Crippen molar-refractivity contribution in [2.24, 2.45) is 5.92 Å². The fraction of sp³-hybridized carbons (Fsp3) is 0.769. The van der Waals surface area contributed by atoms with Crippen LogP contribution in [0, 0.1) is 5.92 Å². The lowest BCUT2D eigenvalue weighted by atomic mass is 10.1. The number of thiazole rings is 1. The molecular weight excluding hydrogens is 273 g/mol. The van der Waals surface area contributed by atoms with Crippen molar-refractivity contribution in [2.45, 2.75) is 51.2 Å². The molecule has 19 heavy (non-hydrogen) atoms. The third-order valence-electron chi connectivity index (χ3n) is 3.35. The number of rotatable bonds is 7. The molecule has 1 heterocycles. The smallest absolute Gasteiger partial charge is 0.314 e. The van der Waals surface area contributed by atoms with Crippen LogP contribution in [-0.2, 0) is 12.6 Å². The Hall–Kier alpha value is -0.620. The van der Waals surface area contributed by atoms with Crippen molar-refractivity contribution in [3.8, 4) is 0 Å². The normalized spacial score (nSPS) is 17.7. The summed E-state index contributed by atoms with van der Waals surface area (Å²) in [7, 11) is 0. The van der Waals surface area contributed by atoms with Crippen molar-refractivity contribution >= 4 is 11.3 Å². The highest BCUT2D eigenvalue weighted by molar-refractivity contribution is 7.11. The first-order valence-corrected chi connectivity index (χ1v) is 7.57. The monoisotopic (exact) mass is 292 g/mol. The number of hydrogen-bond acceptors (Lipinski definition) is 3. The zero-order valence-corrected chi connectivity index (χ0v) is 11.8. The average molecular weight is 292 g/mol. The van der Waals surface area contributed by atoms with E-state index in [0.29, 0.717) is 12.5 Å². The third kappa shape index (κ3) is 4.45. The van der Waals surface area contributed by atoms with Gasteiger partial charge in [-0.1, -0.05) is 6.92 Å². The number of nitrogens with zero attached hydrogens (tertiary/aromatic N) is 1. The maximum absolute atomic E-state index is 12.4. The van der Waals surface area contributed by atoms with Crippen LogP contribution in [0.4, 0.5) is 13.2 Å². The molecule has 0 spiro atoms. The average Bonchev–Trinajstić information content (AvgIpc) is 3.05. The molecule has 0 aliphatic heterocycles. The molecule has 0 bridgehead atoms. The summed E-state index contributed by atoms with van der Waals surface area (Å²) in [5, 5.41) is 2.77. The zero-order valence-electron chi connectivity index (χ0n) is 11.0. The molecule has 1 atom stereocenters. The van der Waals surface area contributed by atoms with Gasteiger partial charge in [-0.25, -0.2) is 4.98 Å². The lowest BCUT2D eigenvalue weighted by molar-refractivity contribution is -0.137. The minimum absolute atomic E-state index is 0.455. The second-order valence-corrected chi connectivity index (χ2v) is 6.18. The van der Waals surface area contributed by atoms with Crippen LogP contribution in [0.5, 0.6) is 0 Å². The van der Waals surface area contributed by atoms with Gasteiger partial charge in [-0.15, -0.1) is 11.3 Å². The van der Waals surface area contributed by atoms with Crippen LogP contribution in [-0.4, -0.2) is 17.6 Å². The van der Waals surface area contributed by atoms with Gasteiger partial charge in [0.15, 0.2) is 5.01 Å². The molecule has 0 radical (unpaired) electrons. The van der Waals surface area contributed by atoms with Crippen LogP contribution in [0.15, 0.2) is 6.20 Å². The van der Waals surface area contributed by atoms with Crippen molar-refractivity contribution in [1.29, 1.82) is 0 Å². The van der Waals surface area contributed by atoms with E-state index >= 15 is 0 Å². The van der Waals surface area contributed by atoms with Crippen molar-refractivity contribution in [3.63, 3.8) is 0 Å². The molecule has 1 N–H and O–H groups in total. The second kappa shape index (κ2) is 6.22. The Morgan fingerprint density at radius 1 is 1.47 bits per heavy atom. The van der Waals surface area contributed by atoms with E-state index in [4.69, 9.17) is 0 Å². The Bertz CT molecular complexity index is 399. The first-order valence-electron chi connectivity index (χ1n) is 6.76. The van der Waals surface area contributed by atoms with Crippen LogP contribution in [0.2, 0.25) is 0 Å². The Balaban J connectivity index is 1.84. The molecule has 2 nitrogen and oxygen atoms in total. The molecule has 0 aromatic carbocycles. The van der Waals surface area contributed by atoms with Gasteiger partial charge < -0.3 is 5.32 Å². The van der Waals surface area contributed by atoms with Gasteiger partial charge in [0.1, 0.15) is 0 Å². The van der Waals surface area contributed by atoms with Crippen LogP contribution in [0.3, 0.4) is 0 Å². The predicted molar refractivity (Wildman–Crippen MR) is 70.2 cm³/mol. The maximum atomic E-state index is 12.4. The van der Waals surface area contributed by atoms with Crippen LogP contribution in [0.1, 0.15) is 42.5 Å². The molecule has 1 aliphatic carbocycles. The quantitative estimate of drug-likeness (QED) is 0.825. The Morgan fingerprint density at radius 3 is 2.74 bits per heavy atom. The summed E-state index contributed by atoms with van der Waals surface area (Å²) in [6.45, 7) is 3.10. The number of alkyl halides is 3. The van der Waals surface area contributed by atoms with E-state index in [1.807, 2.05) is 0 Å². The molecule has 0 saturated heterocycles. The van der Waals surface area contributed by atoms with E-state index in [1.165, 1.54) is 19.0 Å². The molecular formula is C13H19F3N2S. The van der Waals surface area contributed by atoms with E-state index in [1.54, 1.807) is 0 Å². The largest absolute Gasteiger partial charge is 0.443 e. The zero-order chi connectivity index (χ0) is 13.9. The van der Waals surface area contributed by atoms with Crippen LogP contribution >= 0.6 is 11.3 Å². The summed E-state index contributed by atoms with van der Waals surface area (Å²) in [5.41, 5.74) is 0. The number of nitrogens with one attached hydrogen (secondary N) is 1. The summed E-state index contributed by atoms with van der Waals surface area (Å²) in [4.78, 5) is 4.19. The predicted octanol–water partition coefficient (Wildman–Crippen LogP) is 3.87. The highest BCUT2D eigenvalue weighted by Gasteiger charge is 2.35. The molecule has 1 fully saturated rings. The minimum Gasteiger partial charge on any atom is -0.314 e. The van der Waals surface area contributed by atoms with Crippen molar-refractivity contribution < 1.29 is 13.2 Å². The molecule has 1 aliphatic rings. The molecule has 1 saturated carbocycles. The Morgan fingerprint density at radius 2 is 2.21 bits per heavy atom. The second-order valence-electron chi connectivity index (χ2n) is 5.07. The molecule has 1 aromatic rings. The van der Waals surface area contributed by atoms with E-state index < -0.39 is 11.2 Å². The SMILES string of the molecule is CCCNC(CCc1cnc(C(F)(F)F)s1)C1CC1. The molecule has 1 unspecified atom stereocenters. The topological polar surface area (TPSA) is 24.9 Å². The van der Waals surface area contributed by atoms with Gasteiger partial charge in [0.2, 0.25) is 0 Å².